The van der Waals surface area contributed by atoms with Gasteiger partial charge in [0.25, 0.3) is 5.56 Å². The molecule has 0 fully saturated rings. The molecule has 3 aromatic heterocycles. The number of methoxy groups -OCH3 is 1. The number of hydrogen-bond acceptors (Lipinski definition) is 7. The summed E-state index contributed by atoms with van der Waals surface area (Å²) in [7, 11) is 1.59. The van der Waals surface area contributed by atoms with Gasteiger partial charge >= 0.3 is 5.69 Å². The van der Waals surface area contributed by atoms with Gasteiger partial charge in [0.05, 0.1) is 19.2 Å². The average molecular weight is 446 g/mol. The standard InChI is InChI=1S/C23H18N4O4S/c1-30-17-9-5-8-16(12-17)21-24-19(31-25-21)14-26-18-10-11-32-20(18)22(28)27(23(26)29)13-15-6-3-2-4-7-15/h2-12H,13-14H2,1H3. The summed E-state index contributed by atoms with van der Waals surface area (Å²) in [6.07, 6.45) is 0. The van der Waals surface area contributed by atoms with Crippen molar-refractivity contribution in [2.45, 2.75) is 13.1 Å². The van der Waals surface area contributed by atoms with Gasteiger partial charge in [-0.3, -0.25) is 13.9 Å². The van der Waals surface area contributed by atoms with Gasteiger partial charge in [0.1, 0.15) is 17.0 Å². The molecule has 5 rings (SSSR count). The van der Waals surface area contributed by atoms with Crippen LogP contribution in [0.1, 0.15) is 11.5 Å². The number of benzene rings is 2. The molecule has 0 saturated heterocycles. The monoisotopic (exact) mass is 446 g/mol. The van der Waals surface area contributed by atoms with Crippen LogP contribution >= 0.6 is 11.3 Å². The summed E-state index contributed by atoms with van der Waals surface area (Å²) in [5, 5.41) is 5.84. The normalized spacial score (nSPS) is 11.2. The van der Waals surface area contributed by atoms with Gasteiger partial charge in [0.2, 0.25) is 11.7 Å². The van der Waals surface area contributed by atoms with E-state index < -0.39 is 5.69 Å². The second-order valence-corrected chi connectivity index (χ2v) is 8.04. The van der Waals surface area contributed by atoms with Crippen molar-refractivity contribution < 1.29 is 9.26 Å². The van der Waals surface area contributed by atoms with E-state index in [1.807, 2.05) is 48.5 Å². The number of thiophene rings is 1. The number of ether oxygens (including phenoxy) is 1. The minimum atomic E-state index is -0.425. The van der Waals surface area contributed by atoms with E-state index in [2.05, 4.69) is 10.1 Å². The van der Waals surface area contributed by atoms with E-state index >= 15 is 0 Å². The molecule has 32 heavy (non-hydrogen) atoms. The third-order valence-electron chi connectivity index (χ3n) is 5.11. The highest BCUT2D eigenvalue weighted by Gasteiger charge is 2.17. The molecule has 160 valence electrons. The highest BCUT2D eigenvalue weighted by atomic mass is 32.1. The quantitative estimate of drug-likeness (QED) is 0.397. The summed E-state index contributed by atoms with van der Waals surface area (Å²) in [5.41, 5.74) is 1.43. The van der Waals surface area contributed by atoms with E-state index in [-0.39, 0.29) is 24.5 Å². The van der Waals surface area contributed by atoms with Gasteiger partial charge in [-0.2, -0.15) is 4.98 Å². The molecular formula is C23H18N4O4S. The van der Waals surface area contributed by atoms with Crippen molar-refractivity contribution in [2.75, 3.05) is 7.11 Å². The summed E-state index contributed by atoms with van der Waals surface area (Å²) in [4.78, 5) is 30.7. The number of hydrogen-bond donors (Lipinski definition) is 0. The lowest BCUT2D eigenvalue weighted by Crippen LogP contribution is -2.40. The molecule has 3 heterocycles. The average Bonchev–Trinajstić information content (AvgIpc) is 3.50. The predicted molar refractivity (Wildman–Crippen MR) is 121 cm³/mol. The van der Waals surface area contributed by atoms with Crippen LogP contribution in [0.15, 0.2) is 80.2 Å². The summed E-state index contributed by atoms with van der Waals surface area (Å²) >= 11 is 1.30. The van der Waals surface area contributed by atoms with Crippen LogP contribution in [0.4, 0.5) is 0 Å². The van der Waals surface area contributed by atoms with Crippen molar-refractivity contribution in [3.05, 3.63) is 98.3 Å². The van der Waals surface area contributed by atoms with E-state index in [0.29, 0.717) is 21.8 Å². The van der Waals surface area contributed by atoms with Crippen molar-refractivity contribution in [3.8, 4) is 17.1 Å². The fourth-order valence-corrected chi connectivity index (χ4v) is 4.37. The molecule has 0 aliphatic carbocycles. The Balaban J connectivity index is 1.55. The Morgan fingerprint density at radius 1 is 1.00 bits per heavy atom. The van der Waals surface area contributed by atoms with Gasteiger partial charge < -0.3 is 9.26 Å². The molecule has 9 heteroatoms. The zero-order valence-corrected chi connectivity index (χ0v) is 17.9. The van der Waals surface area contributed by atoms with Crippen LogP contribution < -0.4 is 16.0 Å². The maximum absolute atomic E-state index is 13.3. The number of fused-ring (bicyclic) bond motifs is 1. The molecule has 0 atom stereocenters. The molecule has 0 amide bonds. The largest absolute Gasteiger partial charge is 0.497 e. The van der Waals surface area contributed by atoms with Gasteiger partial charge in [0.15, 0.2) is 0 Å². The van der Waals surface area contributed by atoms with E-state index in [1.54, 1.807) is 24.6 Å². The molecule has 0 unspecified atom stereocenters. The van der Waals surface area contributed by atoms with Crippen molar-refractivity contribution in [2.24, 2.45) is 0 Å². The van der Waals surface area contributed by atoms with Gasteiger partial charge in [-0.1, -0.05) is 47.6 Å². The number of rotatable bonds is 6. The van der Waals surface area contributed by atoms with Crippen LogP contribution in [0.2, 0.25) is 0 Å². The molecule has 5 aromatic rings. The number of nitrogens with zero attached hydrogens (tertiary/aromatic N) is 4. The Morgan fingerprint density at radius 2 is 1.84 bits per heavy atom. The molecule has 2 aromatic carbocycles. The molecule has 0 bridgehead atoms. The minimum absolute atomic E-state index is 0.0537. The zero-order chi connectivity index (χ0) is 22.1. The molecule has 0 aliphatic rings. The highest BCUT2D eigenvalue weighted by Crippen LogP contribution is 2.22. The molecule has 0 N–H and O–H groups in total. The summed E-state index contributed by atoms with van der Waals surface area (Å²) in [6.45, 7) is 0.239. The lowest BCUT2D eigenvalue weighted by atomic mass is 10.2. The van der Waals surface area contributed by atoms with Crippen LogP contribution in [0.5, 0.6) is 5.75 Å². The summed E-state index contributed by atoms with van der Waals surface area (Å²) in [5.74, 6) is 1.34. The van der Waals surface area contributed by atoms with Crippen molar-refractivity contribution >= 4 is 21.6 Å². The van der Waals surface area contributed by atoms with Gasteiger partial charge in [0, 0.05) is 5.56 Å². The third-order valence-corrected chi connectivity index (χ3v) is 6.00. The Kier molecular flexibility index (Phi) is 5.16. The Hall–Kier alpha value is -3.98. The molecule has 0 aliphatic heterocycles. The summed E-state index contributed by atoms with van der Waals surface area (Å²) < 4.78 is 13.9. The lowest BCUT2D eigenvalue weighted by Gasteiger charge is -2.10. The van der Waals surface area contributed by atoms with Gasteiger partial charge in [-0.25, -0.2) is 4.79 Å². The first-order chi connectivity index (χ1) is 15.6. The summed E-state index contributed by atoms with van der Waals surface area (Å²) in [6, 6.07) is 18.5. The maximum atomic E-state index is 13.3. The second-order valence-electron chi connectivity index (χ2n) is 7.12. The fourth-order valence-electron chi connectivity index (χ4n) is 3.53. The van der Waals surface area contributed by atoms with Crippen LogP contribution in [0, 0.1) is 0 Å². The van der Waals surface area contributed by atoms with E-state index in [0.717, 1.165) is 11.1 Å². The number of aromatic nitrogens is 4. The first-order valence-electron chi connectivity index (χ1n) is 9.86. The fraction of sp³-hybridized carbons (Fsp3) is 0.130. The van der Waals surface area contributed by atoms with Crippen molar-refractivity contribution in [1.82, 2.24) is 19.3 Å². The maximum Gasteiger partial charge on any atom is 0.332 e. The smallest absolute Gasteiger partial charge is 0.332 e. The van der Waals surface area contributed by atoms with Gasteiger partial charge in [-0.05, 0) is 29.1 Å². The molecule has 0 radical (unpaired) electrons. The third kappa shape index (κ3) is 3.63. The first kappa shape index (κ1) is 20.0. The van der Waals surface area contributed by atoms with Crippen molar-refractivity contribution in [1.29, 1.82) is 0 Å². The Bertz CT molecular complexity index is 1510. The first-order valence-corrected chi connectivity index (χ1v) is 10.7. The van der Waals surface area contributed by atoms with Crippen LogP contribution in [0.3, 0.4) is 0 Å². The SMILES string of the molecule is COc1cccc(-c2noc(Cn3c(=O)n(Cc4ccccc4)c(=O)c4sccc43)n2)c1. The molecular weight excluding hydrogens is 428 g/mol. The van der Waals surface area contributed by atoms with Crippen LogP contribution in [-0.4, -0.2) is 26.4 Å². The zero-order valence-electron chi connectivity index (χ0n) is 17.1. The van der Waals surface area contributed by atoms with Crippen LogP contribution in [-0.2, 0) is 13.1 Å². The molecule has 0 spiro atoms. The Labute approximate surface area is 186 Å². The second kappa shape index (κ2) is 8.27. The molecule has 0 saturated carbocycles. The van der Waals surface area contributed by atoms with Crippen LogP contribution in [0.25, 0.3) is 21.6 Å². The topological polar surface area (TPSA) is 92.2 Å². The minimum Gasteiger partial charge on any atom is -0.497 e. The van der Waals surface area contributed by atoms with Crippen molar-refractivity contribution in [3.63, 3.8) is 0 Å². The molecule has 8 nitrogen and oxygen atoms in total. The highest BCUT2D eigenvalue weighted by molar-refractivity contribution is 7.17. The lowest BCUT2D eigenvalue weighted by molar-refractivity contribution is 0.369. The van der Waals surface area contributed by atoms with Gasteiger partial charge in [-0.15, -0.1) is 11.3 Å². The van der Waals surface area contributed by atoms with E-state index in [9.17, 15) is 9.59 Å². The predicted octanol–water partition coefficient (Wildman–Crippen LogP) is 3.38. The Morgan fingerprint density at radius 3 is 2.66 bits per heavy atom. The van der Waals surface area contributed by atoms with E-state index in [1.165, 1.54) is 20.5 Å². The van der Waals surface area contributed by atoms with E-state index in [4.69, 9.17) is 9.26 Å².